The number of esters is 1. The van der Waals surface area contributed by atoms with Gasteiger partial charge in [-0.3, -0.25) is 9.59 Å². The molecule has 0 fully saturated rings. The van der Waals surface area contributed by atoms with E-state index < -0.39 is 12.1 Å². The Morgan fingerprint density at radius 2 is 1.75 bits per heavy atom. The Morgan fingerprint density at radius 3 is 2.12 bits per heavy atom. The highest BCUT2D eigenvalue weighted by atomic mass is 16.5. The summed E-state index contributed by atoms with van der Waals surface area (Å²) >= 11 is 0. The van der Waals surface area contributed by atoms with E-state index in [4.69, 9.17) is 4.74 Å². The van der Waals surface area contributed by atoms with Crippen LogP contribution in [0.1, 0.15) is 47.0 Å². The van der Waals surface area contributed by atoms with Gasteiger partial charge in [0.1, 0.15) is 18.3 Å². The number of ketones is 1. The van der Waals surface area contributed by atoms with Crippen LogP contribution in [0.4, 0.5) is 0 Å². The first-order valence-corrected chi connectivity index (χ1v) is 5.68. The van der Waals surface area contributed by atoms with Crippen LogP contribution in [-0.4, -0.2) is 29.1 Å². The summed E-state index contributed by atoms with van der Waals surface area (Å²) < 4.78 is 5.16. The van der Waals surface area contributed by atoms with Gasteiger partial charge in [0.2, 0.25) is 0 Å². The van der Waals surface area contributed by atoms with Gasteiger partial charge in [-0.1, -0.05) is 13.8 Å². The lowest BCUT2D eigenvalue weighted by Gasteiger charge is -2.20. The predicted octanol–water partition coefficient (Wildman–Crippen LogP) is 1.69. The summed E-state index contributed by atoms with van der Waals surface area (Å²) in [6, 6.07) is 0. The number of aliphatic hydroxyl groups is 1. The molecule has 0 rings (SSSR count). The zero-order valence-electron chi connectivity index (χ0n) is 10.5. The smallest absolute Gasteiger partial charge is 0.313 e. The Morgan fingerprint density at radius 1 is 1.19 bits per heavy atom. The van der Waals surface area contributed by atoms with Gasteiger partial charge < -0.3 is 9.84 Å². The van der Waals surface area contributed by atoms with Gasteiger partial charge in [0, 0.05) is 6.42 Å². The fraction of sp³-hybridized carbons (Fsp3) is 0.833. The first kappa shape index (κ1) is 15.1. The van der Waals surface area contributed by atoms with Crippen molar-refractivity contribution >= 4 is 11.8 Å². The lowest BCUT2D eigenvalue weighted by molar-refractivity contribution is -0.152. The van der Waals surface area contributed by atoms with E-state index >= 15 is 0 Å². The van der Waals surface area contributed by atoms with Crippen molar-refractivity contribution in [1.29, 1.82) is 0 Å². The molecule has 0 aromatic carbocycles. The number of carbonyl (C=O) groups excluding carboxylic acids is 2. The van der Waals surface area contributed by atoms with Crippen LogP contribution in [0, 0.1) is 5.92 Å². The van der Waals surface area contributed by atoms with Crippen molar-refractivity contribution in [2.45, 2.75) is 59.2 Å². The molecule has 2 atom stereocenters. The molecular formula is C12H22O4. The zero-order chi connectivity index (χ0) is 12.7. The Balaban J connectivity index is 4.18. The summed E-state index contributed by atoms with van der Waals surface area (Å²) in [5.41, 5.74) is 0. The predicted molar refractivity (Wildman–Crippen MR) is 60.9 cm³/mol. The van der Waals surface area contributed by atoms with Crippen LogP contribution in [0.3, 0.4) is 0 Å². The van der Waals surface area contributed by atoms with Crippen molar-refractivity contribution in [1.82, 2.24) is 0 Å². The Labute approximate surface area is 97.0 Å². The normalized spacial score (nSPS) is 14.6. The molecule has 0 saturated carbocycles. The molecule has 0 spiro atoms. The van der Waals surface area contributed by atoms with Crippen LogP contribution in [0.2, 0.25) is 0 Å². The highest BCUT2D eigenvalue weighted by Gasteiger charge is 2.18. The van der Waals surface area contributed by atoms with Crippen LogP contribution < -0.4 is 0 Å². The highest BCUT2D eigenvalue weighted by Crippen LogP contribution is 2.14. The summed E-state index contributed by atoms with van der Waals surface area (Å²) in [7, 11) is 0. The van der Waals surface area contributed by atoms with E-state index in [2.05, 4.69) is 0 Å². The molecule has 0 aliphatic rings. The van der Waals surface area contributed by atoms with Gasteiger partial charge in [-0.25, -0.2) is 0 Å². The zero-order valence-corrected chi connectivity index (χ0v) is 10.5. The maximum absolute atomic E-state index is 11.3. The second-order valence-electron chi connectivity index (χ2n) is 4.70. The van der Waals surface area contributed by atoms with Gasteiger partial charge in [-0.15, -0.1) is 0 Å². The molecule has 16 heavy (non-hydrogen) atoms. The van der Waals surface area contributed by atoms with Gasteiger partial charge in [0.05, 0.1) is 6.10 Å². The maximum atomic E-state index is 11.3. The average molecular weight is 230 g/mol. The molecule has 1 N–H and O–H groups in total. The molecule has 4 heteroatoms. The molecule has 0 heterocycles. The van der Waals surface area contributed by atoms with Crippen molar-refractivity contribution in [3.8, 4) is 0 Å². The van der Waals surface area contributed by atoms with E-state index in [1.54, 1.807) is 6.92 Å². The first-order valence-electron chi connectivity index (χ1n) is 5.68. The van der Waals surface area contributed by atoms with Crippen LogP contribution in [-0.2, 0) is 14.3 Å². The number of hydrogen-bond acceptors (Lipinski definition) is 4. The van der Waals surface area contributed by atoms with Crippen molar-refractivity contribution < 1.29 is 19.4 Å². The number of ether oxygens (including phenoxy) is 1. The summed E-state index contributed by atoms with van der Waals surface area (Å²) in [5.74, 6) is -0.321. The average Bonchev–Trinajstić information content (AvgIpc) is 1.97. The fourth-order valence-electron chi connectivity index (χ4n) is 1.53. The largest absolute Gasteiger partial charge is 0.462 e. The number of hydrogen-bond donors (Lipinski definition) is 1. The number of aliphatic hydroxyl groups excluding tert-OH is 1. The monoisotopic (exact) mass is 230 g/mol. The molecule has 0 saturated heterocycles. The molecular weight excluding hydrogens is 208 g/mol. The Hall–Kier alpha value is -0.900. The molecule has 0 bridgehead atoms. The Kier molecular flexibility index (Phi) is 6.97. The van der Waals surface area contributed by atoms with E-state index in [1.807, 2.05) is 13.8 Å². The maximum Gasteiger partial charge on any atom is 0.313 e. The third kappa shape index (κ3) is 8.41. The van der Waals surface area contributed by atoms with Gasteiger partial charge in [-0.05, 0) is 26.2 Å². The molecule has 0 aromatic heterocycles. The van der Waals surface area contributed by atoms with Gasteiger partial charge >= 0.3 is 5.97 Å². The SMILES string of the molecule is CC(=O)CC(=O)OC(CC(C)C)CC(C)O. The van der Waals surface area contributed by atoms with Crippen molar-refractivity contribution in [3.63, 3.8) is 0 Å². The molecule has 94 valence electrons. The Bertz CT molecular complexity index is 223. The van der Waals surface area contributed by atoms with E-state index in [0.29, 0.717) is 18.8 Å². The number of carbonyl (C=O) groups is 2. The molecule has 4 nitrogen and oxygen atoms in total. The van der Waals surface area contributed by atoms with Crippen molar-refractivity contribution in [3.05, 3.63) is 0 Å². The molecule has 0 aliphatic heterocycles. The van der Waals surface area contributed by atoms with E-state index in [0.717, 1.165) is 0 Å². The van der Waals surface area contributed by atoms with Gasteiger partial charge in [0.15, 0.2) is 0 Å². The minimum Gasteiger partial charge on any atom is -0.462 e. The molecule has 0 aliphatic carbocycles. The van der Waals surface area contributed by atoms with Crippen LogP contribution in [0.25, 0.3) is 0 Å². The lowest BCUT2D eigenvalue weighted by Crippen LogP contribution is -2.25. The van der Waals surface area contributed by atoms with E-state index in [1.165, 1.54) is 6.92 Å². The minimum atomic E-state index is -0.506. The third-order valence-corrected chi connectivity index (χ3v) is 2.03. The quantitative estimate of drug-likeness (QED) is 0.534. The molecule has 2 unspecified atom stereocenters. The highest BCUT2D eigenvalue weighted by molar-refractivity contribution is 5.94. The minimum absolute atomic E-state index is 0.186. The summed E-state index contributed by atoms with van der Waals surface area (Å²) in [4.78, 5) is 22.0. The van der Waals surface area contributed by atoms with Crippen LogP contribution in [0.15, 0.2) is 0 Å². The fourth-order valence-corrected chi connectivity index (χ4v) is 1.53. The standard InChI is InChI=1S/C12H22O4/c1-8(2)5-11(6-9(3)13)16-12(15)7-10(4)14/h8-9,11,13H,5-7H2,1-4H3. The van der Waals surface area contributed by atoms with Crippen molar-refractivity contribution in [2.24, 2.45) is 5.92 Å². The van der Waals surface area contributed by atoms with Gasteiger partial charge in [-0.2, -0.15) is 0 Å². The molecule has 0 amide bonds. The molecule has 0 radical (unpaired) electrons. The van der Waals surface area contributed by atoms with Crippen molar-refractivity contribution in [2.75, 3.05) is 0 Å². The topological polar surface area (TPSA) is 63.6 Å². The number of rotatable bonds is 7. The molecule has 0 aromatic rings. The summed E-state index contributed by atoms with van der Waals surface area (Å²) in [6.07, 6.45) is 0.130. The third-order valence-electron chi connectivity index (χ3n) is 2.03. The van der Waals surface area contributed by atoms with Gasteiger partial charge in [0.25, 0.3) is 0 Å². The lowest BCUT2D eigenvalue weighted by atomic mass is 10.0. The van der Waals surface area contributed by atoms with E-state index in [9.17, 15) is 14.7 Å². The summed E-state index contributed by atoms with van der Waals surface area (Å²) in [6.45, 7) is 7.06. The second kappa shape index (κ2) is 7.39. The second-order valence-corrected chi connectivity index (χ2v) is 4.70. The van der Waals surface area contributed by atoms with E-state index in [-0.39, 0.29) is 18.3 Å². The number of Topliss-reactive ketones (excluding diaryl/α,β-unsaturated/α-hetero) is 1. The van der Waals surface area contributed by atoms with Crippen LogP contribution in [0.5, 0.6) is 0 Å². The summed E-state index contributed by atoms with van der Waals surface area (Å²) in [5, 5.41) is 9.27. The van der Waals surface area contributed by atoms with Crippen LogP contribution >= 0.6 is 0 Å². The first-order chi connectivity index (χ1) is 7.31.